The summed E-state index contributed by atoms with van der Waals surface area (Å²) >= 11 is 9.46. The molecule has 0 atom stereocenters. The number of hydrogen-bond donors (Lipinski definition) is 2. The largest absolute Gasteiger partial charge is 0.340 e. The fourth-order valence-electron chi connectivity index (χ4n) is 2.10. The molecule has 1 heterocycles. The summed E-state index contributed by atoms with van der Waals surface area (Å²) in [6, 6.07) is 17.2. The minimum atomic E-state index is 0.535. The van der Waals surface area contributed by atoms with Crippen molar-refractivity contribution in [3.05, 3.63) is 69.8 Å². The molecule has 0 aliphatic heterocycles. The number of benzene rings is 2. The molecule has 2 N–H and O–H groups in total. The van der Waals surface area contributed by atoms with Gasteiger partial charge in [-0.05, 0) is 43.3 Å². The van der Waals surface area contributed by atoms with Crippen LogP contribution in [0.25, 0.3) is 0 Å². The van der Waals surface area contributed by atoms with E-state index >= 15 is 0 Å². The Balaban J connectivity index is 1.84. The predicted molar refractivity (Wildman–Crippen MR) is 98.9 cm³/mol. The molecule has 23 heavy (non-hydrogen) atoms. The highest BCUT2D eigenvalue weighted by atomic mass is 79.9. The van der Waals surface area contributed by atoms with Crippen molar-refractivity contribution in [1.82, 2.24) is 9.97 Å². The van der Waals surface area contributed by atoms with E-state index in [2.05, 4.69) is 36.5 Å². The Labute approximate surface area is 148 Å². The van der Waals surface area contributed by atoms with E-state index in [1.807, 2.05) is 61.5 Å². The summed E-state index contributed by atoms with van der Waals surface area (Å²) in [7, 11) is 0. The molecule has 0 fully saturated rings. The first-order chi connectivity index (χ1) is 11.1. The van der Waals surface area contributed by atoms with Crippen LogP contribution in [0.4, 0.5) is 23.1 Å². The monoisotopic (exact) mass is 388 g/mol. The van der Waals surface area contributed by atoms with Crippen molar-refractivity contribution in [1.29, 1.82) is 0 Å². The van der Waals surface area contributed by atoms with Gasteiger partial charge in [-0.25, -0.2) is 4.98 Å². The number of nitrogens with zero attached hydrogens (tertiary/aromatic N) is 2. The molecule has 0 bridgehead atoms. The molecule has 0 saturated carbocycles. The van der Waals surface area contributed by atoms with Gasteiger partial charge in [-0.2, -0.15) is 4.98 Å². The van der Waals surface area contributed by atoms with Crippen LogP contribution in [0.1, 0.15) is 5.69 Å². The van der Waals surface area contributed by atoms with Gasteiger partial charge in [0.25, 0.3) is 0 Å². The Morgan fingerprint density at radius 3 is 2.39 bits per heavy atom. The van der Waals surface area contributed by atoms with E-state index < -0.39 is 0 Å². The minimum absolute atomic E-state index is 0.535. The molecule has 116 valence electrons. The molecular formula is C17H14BrClN4. The molecule has 0 aliphatic rings. The van der Waals surface area contributed by atoms with E-state index in [0.29, 0.717) is 16.8 Å². The SMILES string of the molecule is Cc1cc(Nc2cccc(Cl)c2)nc(Nc2cccc(Br)c2)n1. The molecule has 1 aromatic heterocycles. The summed E-state index contributed by atoms with van der Waals surface area (Å²) in [5.41, 5.74) is 2.66. The maximum Gasteiger partial charge on any atom is 0.229 e. The lowest BCUT2D eigenvalue weighted by molar-refractivity contribution is 1.11. The van der Waals surface area contributed by atoms with E-state index in [0.717, 1.165) is 21.5 Å². The van der Waals surface area contributed by atoms with Crippen molar-refractivity contribution in [2.45, 2.75) is 6.92 Å². The van der Waals surface area contributed by atoms with Crippen LogP contribution >= 0.6 is 27.5 Å². The molecular weight excluding hydrogens is 376 g/mol. The molecule has 0 saturated heterocycles. The maximum absolute atomic E-state index is 6.01. The van der Waals surface area contributed by atoms with Gasteiger partial charge in [-0.1, -0.05) is 39.7 Å². The zero-order valence-electron chi connectivity index (χ0n) is 12.3. The summed E-state index contributed by atoms with van der Waals surface area (Å²) in [5.74, 6) is 1.24. The van der Waals surface area contributed by atoms with Crippen molar-refractivity contribution < 1.29 is 0 Å². The molecule has 3 aromatic rings. The highest BCUT2D eigenvalue weighted by molar-refractivity contribution is 9.10. The number of hydrogen-bond acceptors (Lipinski definition) is 4. The Morgan fingerprint density at radius 2 is 1.65 bits per heavy atom. The Morgan fingerprint density at radius 1 is 0.913 bits per heavy atom. The zero-order valence-corrected chi connectivity index (χ0v) is 14.7. The van der Waals surface area contributed by atoms with Crippen molar-refractivity contribution in [2.24, 2.45) is 0 Å². The van der Waals surface area contributed by atoms with E-state index in [4.69, 9.17) is 11.6 Å². The fraction of sp³-hybridized carbons (Fsp3) is 0.0588. The summed E-state index contributed by atoms with van der Waals surface area (Å²) in [5, 5.41) is 7.12. The fourth-order valence-corrected chi connectivity index (χ4v) is 2.69. The second-order valence-corrected chi connectivity index (χ2v) is 6.34. The van der Waals surface area contributed by atoms with Gasteiger partial charge in [0.15, 0.2) is 0 Å². The van der Waals surface area contributed by atoms with Gasteiger partial charge in [-0.3, -0.25) is 0 Å². The molecule has 4 nitrogen and oxygen atoms in total. The highest BCUT2D eigenvalue weighted by Gasteiger charge is 2.04. The summed E-state index contributed by atoms with van der Waals surface area (Å²) in [6.07, 6.45) is 0. The first-order valence-electron chi connectivity index (χ1n) is 6.99. The third kappa shape index (κ3) is 4.43. The van der Waals surface area contributed by atoms with Gasteiger partial charge in [-0.15, -0.1) is 0 Å². The predicted octanol–water partition coefficient (Wildman–Crippen LogP) is 5.69. The van der Waals surface area contributed by atoms with Crippen LogP contribution in [0.2, 0.25) is 5.02 Å². The lowest BCUT2D eigenvalue weighted by Gasteiger charge is -2.10. The lowest BCUT2D eigenvalue weighted by atomic mass is 10.3. The Kier molecular flexibility index (Phi) is 4.79. The number of anilines is 4. The number of halogens is 2. The van der Waals surface area contributed by atoms with Crippen LogP contribution in [0.15, 0.2) is 59.1 Å². The van der Waals surface area contributed by atoms with Crippen LogP contribution in [0, 0.1) is 6.92 Å². The van der Waals surface area contributed by atoms with Crippen LogP contribution in [-0.2, 0) is 0 Å². The number of rotatable bonds is 4. The smallest absolute Gasteiger partial charge is 0.229 e. The first kappa shape index (κ1) is 15.8. The van der Waals surface area contributed by atoms with Gasteiger partial charge in [0.05, 0.1) is 0 Å². The standard InChI is InChI=1S/C17H14BrClN4/c1-11-8-16(21-15-7-3-5-13(19)10-15)23-17(20-11)22-14-6-2-4-12(18)9-14/h2-10H,1H3,(H2,20,21,22,23). The highest BCUT2D eigenvalue weighted by Crippen LogP contribution is 2.22. The molecule has 0 amide bonds. The number of nitrogens with one attached hydrogen (secondary N) is 2. The molecule has 6 heteroatoms. The van der Waals surface area contributed by atoms with Crippen LogP contribution in [0.5, 0.6) is 0 Å². The van der Waals surface area contributed by atoms with E-state index in [1.165, 1.54) is 0 Å². The third-order valence-corrected chi connectivity index (χ3v) is 3.76. The van der Waals surface area contributed by atoms with E-state index in [9.17, 15) is 0 Å². The van der Waals surface area contributed by atoms with Gasteiger partial charge in [0, 0.05) is 32.6 Å². The van der Waals surface area contributed by atoms with Crippen LogP contribution in [0.3, 0.4) is 0 Å². The van der Waals surface area contributed by atoms with Crippen LogP contribution in [-0.4, -0.2) is 9.97 Å². The normalized spacial score (nSPS) is 10.4. The Bertz CT molecular complexity index is 773. The quantitative estimate of drug-likeness (QED) is 0.602. The van der Waals surface area contributed by atoms with Crippen molar-refractivity contribution in [2.75, 3.05) is 10.6 Å². The van der Waals surface area contributed by atoms with Gasteiger partial charge >= 0.3 is 0 Å². The minimum Gasteiger partial charge on any atom is -0.340 e. The molecule has 2 aromatic carbocycles. The Hall–Kier alpha value is -2.11. The number of aromatic nitrogens is 2. The topological polar surface area (TPSA) is 49.8 Å². The van der Waals surface area contributed by atoms with Gasteiger partial charge in [0.2, 0.25) is 5.95 Å². The average molecular weight is 390 g/mol. The van der Waals surface area contributed by atoms with E-state index in [-0.39, 0.29) is 0 Å². The zero-order chi connectivity index (χ0) is 16.2. The molecule has 0 radical (unpaired) electrons. The lowest BCUT2D eigenvalue weighted by Crippen LogP contribution is -2.02. The summed E-state index contributed by atoms with van der Waals surface area (Å²) in [6.45, 7) is 1.93. The molecule has 0 aliphatic carbocycles. The van der Waals surface area contributed by atoms with Crippen molar-refractivity contribution in [3.63, 3.8) is 0 Å². The molecule has 0 unspecified atom stereocenters. The van der Waals surface area contributed by atoms with Crippen LogP contribution < -0.4 is 10.6 Å². The first-order valence-corrected chi connectivity index (χ1v) is 8.16. The molecule has 3 rings (SSSR count). The summed E-state index contributed by atoms with van der Waals surface area (Å²) in [4.78, 5) is 8.91. The van der Waals surface area contributed by atoms with Gasteiger partial charge < -0.3 is 10.6 Å². The number of aryl methyl sites for hydroxylation is 1. The van der Waals surface area contributed by atoms with E-state index in [1.54, 1.807) is 0 Å². The van der Waals surface area contributed by atoms with Crippen molar-refractivity contribution in [3.8, 4) is 0 Å². The third-order valence-electron chi connectivity index (χ3n) is 3.03. The average Bonchev–Trinajstić information content (AvgIpc) is 2.46. The summed E-state index contributed by atoms with van der Waals surface area (Å²) < 4.78 is 0.993. The second kappa shape index (κ2) is 6.98. The van der Waals surface area contributed by atoms with Gasteiger partial charge in [0.1, 0.15) is 5.82 Å². The maximum atomic E-state index is 6.01. The second-order valence-electron chi connectivity index (χ2n) is 4.99. The van der Waals surface area contributed by atoms with Crippen molar-refractivity contribution >= 4 is 50.7 Å². The molecule has 0 spiro atoms.